The fourth-order valence-corrected chi connectivity index (χ4v) is 1.67. The van der Waals surface area contributed by atoms with E-state index in [1.807, 2.05) is 13.8 Å². The molecule has 1 saturated carbocycles. The van der Waals surface area contributed by atoms with Crippen molar-refractivity contribution in [3.63, 3.8) is 0 Å². The summed E-state index contributed by atoms with van der Waals surface area (Å²) in [6.07, 6.45) is 3.49. The molecule has 92 valence electrons. The molecular formula is C11H20N2O3. The van der Waals surface area contributed by atoms with Crippen LogP contribution >= 0.6 is 0 Å². The van der Waals surface area contributed by atoms with Crippen molar-refractivity contribution in [3.8, 4) is 0 Å². The maximum Gasteiger partial charge on any atom is 0.326 e. The zero-order valence-electron chi connectivity index (χ0n) is 9.82. The summed E-state index contributed by atoms with van der Waals surface area (Å²) in [7, 11) is 0. The molecule has 0 aliphatic heterocycles. The molecule has 0 radical (unpaired) electrons. The first-order valence-corrected chi connectivity index (χ1v) is 5.88. The summed E-state index contributed by atoms with van der Waals surface area (Å²) in [5.41, 5.74) is 0. The van der Waals surface area contributed by atoms with E-state index < -0.39 is 12.0 Å². The van der Waals surface area contributed by atoms with Crippen LogP contribution in [0.2, 0.25) is 0 Å². The van der Waals surface area contributed by atoms with Gasteiger partial charge in [0.05, 0.1) is 0 Å². The number of hydrogen-bond acceptors (Lipinski definition) is 2. The fourth-order valence-electron chi connectivity index (χ4n) is 1.67. The van der Waals surface area contributed by atoms with E-state index in [2.05, 4.69) is 10.6 Å². The van der Waals surface area contributed by atoms with E-state index >= 15 is 0 Å². The van der Waals surface area contributed by atoms with Gasteiger partial charge in [-0.25, -0.2) is 9.59 Å². The van der Waals surface area contributed by atoms with Crippen LogP contribution in [0.3, 0.4) is 0 Å². The molecule has 2 amide bonds. The first-order chi connectivity index (χ1) is 7.58. The van der Waals surface area contributed by atoms with E-state index in [9.17, 15) is 9.59 Å². The average molecular weight is 228 g/mol. The van der Waals surface area contributed by atoms with Gasteiger partial charge < -0.3 is 15.7 Å². The lowest BCUT2D eigenvalue weighted by atomic mass is 10.1. The Hall–Kier alpha value is -1.26. The summed E-state index contributed by atoms with van der Waals surface area (Å²) in [6, 6.07) is -0.976. The molecule has 0 aromatic heterocycles. The lowest BCUT2D eigenvalue weighted by molar-refractivity contribution is -0.139. The Balaban J connectivity index is 2.39. The Labute approximate surface area is 95.6 Å². The molecule has 5 heteroatoms. The number of carbonyl (C=O) groups excluding carboxylic acids is 1. The second-order valence-corrected chi connectivity index (χ2v) is 4.28. The molecule has 1 fully saturated rings. The molecule has 0 heterocycles. The van der Waals surface area contributed by atoms with Crippen LogP contribution in [0.25, 0.3) is 0 Å². The minimum absolute atomic E-state index is 0.116. The van der Waals surface area contributed by atoms with Gasteiger partial charge >= 0.3 is 12.0 Å². The number of carbonyl (C=O) groups is 2. The molecule has 0 aromatic rings. The second-order valence-electron chi connectivity index (χ2n) is 4.28. The number of amides is 2. The molecule has 5 nitrogen and oxygen atoms in total. The second kappa shape index (κ2) is 5.72. The van der Waals surface area contributed by atoms with Crippen LogP contribution in [0.15, 0.2) is 0 Å². The van der Waals surface area contributed by atoms with E-state index in [0.29, 0.717) is 0 Å². The largest absolute Gasteiger partial charge is 0.480 e. The standard InChI is InChI=1S/C11H20N2O3/c1-3-8(4-2)12-11(16)13-9(10(14)15)7-5-6-7/h7-9H,3-6H2,1-2H3,(H,14,15)(H2,12,13,16). The molecule has 0 bridgehead atoms. The predicted molar refractivity (Wildman–Crippen MR) is 60.2 cm³/mol. The molecule has 1 aliphatic rings. The highest BCUT2D eigenvalue weighted by Gasteiger charge is 2.37. The summed E-state index contributed by atoms with van der Waals surface area (Å²) in [6.45, 7) is 3.98. The van der Waals surface area contributed by atoms with Gasteiger partial charge in [-0.1, -0.05) is 13.8 Å². The predicted octanol–water partition coefficient (Wildman–Crippen LogP) is 1.34. The molecule has 0 saturated heterocycles. The highest BCUT2D eigenvalue weighted by molar-refractivity contribution is 5.83. The summed E-state index contributed by atoms with van der Waals surface area (Å²) >= 11 is 0. The Kier molecular flexibility index (Phi) is 4.58. The quantitative estimate of drug-likeness (QED) is 0.642. The van der Waals surface area contributed by atoms with Gasteiger partial charge in [0, 0.05) is 6.04 Å². The smallest absolute Gasteiger partial charge is 0.326 e. The van der Waals surface area contributed by atoms with Crippen LogP contribution in [-0.2, 0) is 4.79 Å². The summed E-state index contributed by atoms with van der Waals surface area (Å²) in [4.78, 5) is 22.4. The number of urea groups is 1. The monoisotopic (exact) mass is 228 g/mol. The van der Waals surface area contributed by atoms with Gasteiger partial charge in [0.1, 0.15) is 6.04 Å². The molecule has 3 N–H and O–H groups in total. The first kappa shape index (κ1) is 12.8. The maximum atomic E-state index is 11.5. The highest BCUT2D eigenvalue weighted by atomic mass is 16.4. The topological polar surface area (TPSA) is 78.4 Å². The molecule has 1 rings (SSSR count). The Morgan fingerprint density at radius 1 is 1.25 bits per heavy atom. The zero-order chi connectivity index (χ0) is 12.1. The third-order valence-electron chi connectivity index (χ3n) is 2.97. The third kappa shape index (κ3) is 3.72. The molecule has 1 atom stereocenters. The molecule has 0 aromatic carbocycles. The third-order valence-corrected chi connectivity index (χ3v) is 2.97. The van der Waals surface area contributed by atoms with Crippen molar-refractivity contribution in [2.75, 3.05) is 0 Å². The van der Waals surface area contributed by atoms with Crippen LogP contribution in [0.5, 0.6) is 0 Å². The number of rotatable bonds is 6. The number of hydrogen-bond donors (Lipinski definition) is 3. The first-order valence-electron chi connectivity index (χ1n) is 5.88. The van der Waals surface area contributed by atoms with Crippen molar-refractivity contribution >= 4 is 12.0 Å². The van der Waals surface area contributed by atoms with E-state index in [0.717, 1.165) is 25.7 Å². The zero-order valence-corrected chi connectivity index (χ0v) is 9.82. The minimum Gasteiger partial charge on any atom is -0.480 e. The van der Waals surface area contributed by atoms with E-state index in [4.69, 9.17) is 5.11 Å². The van der Waals surface area contributed by atoms with Gasteiger partial charge in [-0.2, -0.15) is 0 Å². The summed E-state index contributed by atoms with van der Waals surface area (Å²) < 4.78 is 0. The van der Waals surface area contributed by atoms with Crippen molar-refractivity contribution in [2.24, 2.45) is 5.92 Å². The number of aliphatic carboxylic acids is 1. The average Bonchev–Trinajstić information content (AvgIpc) is 3.05. The van der Waals surface area contributed by atoms with Crippen LogP contribution in [0.4, 0.5) is 4.79 Å². The SMILES string of the molecule is CCC(CC)NC(=O)NC(C(=O)O)C1CC1. The van der Waals surface area contributed by atoms with Crippen LogP contribution in [-0.4, -0.2) is 29.2 Å². The normalized spacial score (nSPS) is 16.9. The molecular weight excluding hydrogens is 208 g/mol. The van der Waals surface area contributed by atoms with Gasteiger partial charge in [-0.15, -0.1) is 0 Å². The van der Waals surface area contributed by atoms with Gasteiger partial charge in [0.25, 0.3) is 0 Å². The van der Waals surface area contributed by atoms with Crippen molar-refractivity contribution in [2.45, 2.75) is 51.6 Å². The fraction of sp³-hybridized carbons (Fsp3) is 0.818. The molecule has 16 heavy (non-hydrogen) atoms. The van der Waals surface area contributed by atoms with Gasteiger partial charge in [-0.05, 0) is 31.6 Å². The Bertz CT molecular complexity index is 260. The van der Waals surface area contributed by atoms with Crippen molar-refractivity contribution in [3.05, 3.63) is 0 Å². The van der Waals surface area contributed by atoms with Crippen molar-refractivity contribution in [1.29, 1.82) is 0 Å². The number of carboxylic acids is 1. The van der Waals surface area contributed by atoms with E-state index in [1.165, 1.54) is 0 Å². The number of carboxylic acid groups (broad SMARTS) is 1. The molecule has 1 unspecified atom stereocenters. The lowest BCUT2D eigenvalue weighted by Gasteiger charge is -2.18. The van der Waals surface area contributed by atoms with E-state index in [-0.39, 0.29) is 18.0 Å². The molecule has 0 spiro atoms. The van der Waals surface area contributed by atoms with Gasteiger partial charge in [-0.3, -0.25) is 0 Å². The molecule has 1 aliphatic carbocycles. The Morgan fingerprint density at radius 2 is 1.81 bits per heavy atom. The van der Waals surface area contributed by atoms with Crippen LogP contribution in [0.1, 0.15) is 39.5 Å². The maximum absolute atomic E-state index is 11.5. The lowest BCUT2D eigenvalue weighted by Crippen LogP contribution is -2.49. The van der Waals surface area contributed by atoms with Crippen LogP contribution in [0, 0.1) is 5.92 Å². The van der Waals surface area contributed by atoms with Crippen molar-refractivity contribution in [1.82, 2.24) is 10.6 Å². The van der Waals surface area contributed by atoms with Crippen LogP contribution < -0.4 is 10.6 Å². The number of nitrogens with one attached hydrogen (secondary N) is 2. The minimum atomic E-state index is -0.942. The Morgan fingerprint density at radius 3 is 2.19 bits per heavy atom. The van der Waals surface area contributed by atoms with E-state index in [1.54, 1.807) is 0 Å². The highest BCUT2D eigenvalue weighted by Crippen LogP contribution is 2.32. The summed E-state index contributed by atoms with van der Waals surface area (Å²) in [5, 5.41) is 14.2. The van der Waals surface area contributed by atoms with Crippen molar-refractivity contribution < 1.29 is 14.7 Å². The summed E-state index contributed by atoms with van der Waals surface area (Å²) in [5.74, 6) is -0.827. The van der Waals surface area contributed by atoms with Gasteiger partial charge in [0.2, 0.25) is 0 Å². The van der Waals surface area contributed by atoms with Gasteiger partial charge in [0.15, 0.2) is 0 Å².